The molecule has 1 aliphatic heterocycles. The number of amidine groups is 1. The van der Waals surface area contributed by atoms with Crippen molar-refractivity contribution in [1.82, 2.24) is 0 Å². The monoisotopic (exact) mass is 130 g/mol. The molecule has 0 aromatic rings. The van der Waals surface area contributed by atoms with Crippen LogP contribution in [0.5, 0.6) is 0 Å². The number of nitrogens with zero attached hydrogens (tertiary/aromatic N) is 1. The molecule has 4 heteroatoms. The zero-order valence-corrected chi connectivity index (χ0v) is 5.23. The molecule has 1 unspecified atom stereocenters. The Hall–Kier alpha value is -0.510. The van der Waals surface area contributed by atoms with Gasteiger partial charge in [0.1, 0.15) is 0 Å². The molecule has 0 aromatic carbocycles. The van der Waals surface area contributed by atoms with Crippen molar-refractivity contribution in [3.63, 3.8) is 0 Å². The minimum Gasteiger partial charge on any atom is -0.378 e. The summed E-state index contributed by atoms with van der Waals surface area (Å²) in [4.78, 5) is 14.0. The van der Waals surface area contributed by atoms with Crippen LogP contribution in [0, 0.1) is 0 Å². The summed E-state index contributed by atoms with van der Waals surface area (Å²) in [6.07, 6.45) is 0. The van der Waals surface area contributed by atoms with E-state index in [2.05, 4.69) is 4.99 Å². The standard InChI is InChI=1S/C4H6N2OS/c1-2-3(7)6-4(5)8-2/h2H,1H3,(H2,5,6,7). The average molecular weight is 130 g/mol. The predicted octanol–water partition coefficient (Wildman–Crippen LogP) is -0.0370. The summed E-state index contributed by atoms with van der Waals surface area (Å²) in [6.45, 7) is 1.79. The largest absolute Gasteiger partial charge is 0.378 e. The van der Waals surface area contributed by atoms with E-state index in [1.807, 2.05) is 0 Å². The summed E-state index contributed by atoms with van der Waals surface area (Å²) in [5, 5.41) is 0.331. The van der Waals surface area contributed by atoms with E-state index >= 15 is 0 Å². The van der Waals surface area contributed by atoms with Gasteiger partial charge >= 0.3 is 0 Å². The maximum absolute atomic E-state index is 10.5. The van der Waals surface area contributed by atoms with Gasteiger partial charge in [-0.3, -0.25) is 4.79 Å². The molecule has 1 rings (SSSR count). The van der Waals surface area contributed by atoms with Gasteiger partial charge in [-0.25, -0.2) is 0 Å². The molecular formula is C4H6N2OS. The minimum atomic E-state index is -0.118. The second-order valence-electron chi connectivity index (χ2n) is 1.55. The number of hydrogen-bond donors (Lipinski definition) is 1. The number of aliphatic imine (C=N–C) groups is 1. The van der Waals surface area contributed by atoms with Crippen molar-refractivity contribution < 1.29 is 4.79 Å². The van der Waals surface area contributed by atoms with E-state index in [0.717, 1.165) is 0 Å². The molecule has 2 N–H and O–H groups in total. The summed E-state index contributed by atoms with van der Waals surface area (Å²) in [7, 11) is 0. The molecule has 1 amide bonds. The Morgan fingerprint density at radius 1 is 1.88 bits per heavy atom. The molecule has 0 aliphatic carbocycles. The van der Waals surface area contributed by atoms with Crippen LogP contribution >= 0.6 is 11.8 Å². The van der Waals surface area contributed by atoms with Gasteiger partial charge in [0, 0.05) is 0 Å². The number of amides is 1. The zero-order valence-electron chi connectivity index (χ0n) is 4.42. The van der Waals surface area contributed by atoms with Gasteiger partial charge in [0.2, 0.25) is 0 Å². The van der Waals surface area contributed by atoms with Crippen molar-refractivity contribution in [1.29, 1.82) is 0 Å². The molecule has 0 saturated heterocycles. The van der Waals surface area contributed by atoms with Gasteiger partial charge in [0.05, 0.1) is 5.25 Å². The Kier molecular flexibility index (Phi) is 1.25. The topological polar surface area (TPSA) is 55.4 Å². The van der Waals surface area contributed by atoms with Crippen LogP contribution < -0.4 is 5.73 Å². The number of carbonyl (C=O) groups is 1. The van der Waals surface area contributed by atoms with Crippen LogP contribution in [-0.2, 0) is 4.79 Å². The number of nitrogens with two attached hydrogens (primary N) is 1. The van der Waals surface area contributed by atoms with Crippen LogP contribution in [0.25, 0.3) is 0 Å². The number of carbonyl (C=O) groups excluding carboxylic acids is 1. The first kappa shape index (κ1) is 5.62. The van der Waals surface area contributed by atoms with Gasteiger partial charge in [-0.1, -0.05) is 11.8 Å². The van der Waals surface area contributed by atoms with Crippen LogP contribution in [0.4, 0.5) is 0 Å². The van der Waals surface area contributed by atoms with Crippen LogP contribution in [0.1, 0.15) is 6.92 Å². The van der Waals surface area contributed by atoms with E-state index in [9.17, 15) is 4.79 Å². The SMILES string of the molecule is CC1SC(N)=NC1=O. The molecule has 8 heavy (non-hydrogen) atoms. The van der Waals surface area contributed by atoms with Gasteiger partial charge in [-0.05, 0) is 6.92 Å². The molecule has 0 fully saturated rings. The van der Waals surface area contributed by atoms with E-state index in [1.54, 1.807) is 6.92 Å². The summed E-state index contributed by atoms with van der Waals surface area (Å²) in [6, 6.07) is 0. The van der Waals surface area contributed by atoms with Crippen LogP contribution in [-0.4, -0.2) is 16.3 Å². The Labute approximate surface area is 51.3 Å². The average Bonchev–Trinajstić information content (AvgIpc) is 1.85. The third kappa shape index (κ3) is 0.838. The van der Waals surface area contributed by atoms with E-state index in [-0.39, 0.29) is 11.2 Å². The lowest BCUT2D eigenvalue weighted by Gasteiger charge is -1.90. The second kappa shape index (κ2) is 1.78. The molecule has 1 atom stereocenters. The quantitative estimate of drug-likeness (QED) is 0.500. The molecule has 0 radical (unpaired) electrons. The highest BCUT2D eigenvalue weighted by atomic mass is 32.2. The lowest BCUT2D eigenvalue weighted by Crippen LogP contribution is -2.04. The molecule has 3 nitrogen and oxygen atoms in total. The lowest BCUT2D eigenvalue weighted by atomic mass is 10.5. The fraction of sp³-hybridized carbons (Fsp3) is 0.500. The Morgan fingerprint density at radius 2 is 2.50 bits per heavy atom. The fourth-order valence-corrected chi connectivity index (χ4v) is 1.12. The molecule has 44 valence electrons. The summed E-state index contributed by atoms with van der Waals surface area (Å²) in [5.41, 5.74) is 5.21. The van der Waals surface area contributed by atoms with Crippen molar-refractivity contribution in [2.24, 2.45) is 10.7 Å². The number of rotatable bonds is 0. The molecule has 1 heterocycles. The van der Waals surface area contributed by atoms with Gasteiger partial charge in [-0.15, -0.1) is 0 Å². The predicted molar refractivity (Wildman–Crippen MR) is 33.7 cm³/mol. The van der Waals surface area contributed by atoms with Crippen molar-refractivity contribution in [3.8, 4) is 0 Å². The van der Waals surface area contributed by atoms with Crippen LogP contribution in [0.2, 0.25) is 0 Å². The smallest absolute Gasteiger partial charge is 0.261 e. The molecule has 0 spiro atoms. The molecular weight excluding hydrogens is 124 g/mol. The maximum atomic E-state index is 10.5. The Balaban J connectivity index is 2.70. The normalized spacial score (nSPS) is 28.4. The van der Waals surface area contributed by atoms with Gasteiger partial charge in [0.15, 0.2) is 5.17 Å². The molecule has 0 saturated carbocycles. The highest BCUT2D eigenvalue weighted by Gasteiger charge is 2.21. The molecule has 1 aliphatic rings. The first-order chi connectivity index (χ1) is 3.70. The van der Waals surface area contributed by atoms with E-state index in [4.69, 9.17) is 5.73 Å². The van der Waals surface area contributed by atoms with Crippen molar-refractivity contribution >= 4 is 22.8 Å². The van der Waals surface area contributed by atoms with Crippen LogP contribution in [0.15, 0.2) is 4.99 Å². The van der Waals surface area contributed by atoms with E-state index in [0.29, 0.717) is 5.17 Å². The fourth-order valence-electron chi connectivity index (χ4n) is 0.457. The highest BCUT2D eigenvalue weighted by Crippen LogP contribution is 2.17. The summed E-state index contributed by atoms with van der Waals surface area (Å²) >= 11 is 1.31. The first-order valence-electron chi connectivity index (χ1n) is 2.25. The lowest BCUT2D eigenvalue weighted by molar-refractivity contribution is -0.116. The van der Waals surface area contributed by atoms with Gasteiger partial charge in [0.25, 0.3) is 5.91 Å². The summed E-state index contributed by atoms with van der Waals surface area (Å²) < 4.78 is 0. The first-order valence-corrected chi connectivity index (χ1v) is 3.13. The van der Waals surface area contributed by atoms with Crippen LogP contribution in [0.3, 0.4) is 0 Å². The molecule has 0 aromatic heterocycles. The maximum Gasteiger partial charge on any atom is 0.261 e. The van der Waals surface area contributed by atoms with Crippen molar-refractivity contribution in [2.45, 2.75) is 12.2 Å². The number of hydrogen-bond acceptors (Lipinski definition) is 3. The Bertz CT molecular complexity index is 154. The highest BCUT2D eigenvalue weighted by molar-refractivity contribution is 8.15. The number of thioether (sulfide) groups is 1. The third-order valence-electron chi connectivity index (χ3n) is 0.866. The van der Waals surface area contributed by atoms with Gasteiger partial charge in [-0.2, -0.15) is 4.99 Å². The third-order valence-corrected chi connectivity index (χ3v) is 1.75. The van der Waals surface area contributed by atoms with E-state index in [1.165, 1.54) is 11.8 Å². The Morgan fingerprint density at radius 3 is 2.62 bits per heavy atom. The van der Waals surface area contributed by atoms with Crippen molar-refractivity contribution in [2.75, 3.05) is 0 Å². The molecule has 0 bridgehead atoms. The summed E-state index contributed by atoms with van der Waals surface area (Å²) in [5.74, 6) is -0.118. The van der Waals surface area contributed by atoms with Gasteiger partial charge < -0.3 is 5.73 Å². The zero-order chi connectivity index (χ0) is 6.15. The van der Waals surface area contributed by atoms with E-state index < -0.39 is 0 Å². The van der Waals surface area contributed by atoms with Crippen molar-refractivity contribution in [3.05, 3.63) is 0 Å². The minimum absolute atomic E-state index is 0.0602. The second-order valence-corrected chi connectivity index (χ2v) is 2.91.